The van der Waals surface area contributed by atoms with Crippen LogP contribution in [0.25, 0.3) is 0 Å². The molecule has 0 aliphatic rings. The quantitative estimate of drug-likeness (QED) is 0.666. The van der Waals surface area contributed by atoms with Crippen molar-refractivity contribution in [2.45, 2.75) is 53.0 Å². The normalized spacial score (nSPS) is 12.2. The summed E-state index contributed by atoms with van der Waals surface area (Å²) in [6.07, 6.45) is 1.66. The third kappa shape index (κ3) is 7.97. The minimum absolute atomic E-state index is 0.168. The van der Waals surface area contributed by atoms with Crippen molar-refractivity contribution in [1.82, 2.24) is 5.32 Å². The highest BCUT2D eigenvalue weighted by Gasteiger charge is 2.09. The Morgan fingerprint density at radius 3 is 2.23 bits per heavy atom. The van der Waals surface area contributed by atoms with E-state index in [0.29, 0.717) is 12.2 Å². The molecule has 0 atom stereocenters. The lowest BCUT2D eigenvalue weighted by atomic mass is 10.0. The topological polar surface area (TPSA) is 29.1 Å². The monoisotopic (exact) mass is 185 g/mol. The van der Waals surface area contributed by atoms with Gasteiger partial charge in [0, 0.05) is 17.9 Å². The van der Waals surface area contributed by atoms with E-state index in [1.807, 2.05) is 13.8 Å². The van der Waals surface area contributed by atoms with Gasteiger partial charge in [0.2, 0.25) is 0 Å². The standard InChI is InChI=1S/C11H23NO/c1-9(2)10(13)7-6-8-12-11(3,4)5/h9,12H,6-8H2,1-5H3. The SMILES string of the molecule is CC(C)C(=O)CCCNC(C)(C)C. The van der Waals surface area contributed by atoms with Crippen molar-refractivity contribution in [2.75, 3.05) is 6.54 Å². The number of ketones is 1. The Kier molecular flexibility index (Phi) is 5.23. The molecule has 0 saturated heterocycles. The zero-order valence-corrected chi connectivity index (χ0v) is 9.61. The summed E-state index contributed by atoms with van der Waals surface area (Å²) in [6, 6.07) is 0. The molecule has 2 nitrogen and oxygen atoms in total. The minimum atomic E-state index is 0.168. The number of hydrogen-bond donors (Lipinski definition) is 1. The second-order valence-corrected chi connectivity index (χ2v) is 4.90. The Hall–Kier alpha value is -0.370. The summed E-state index contributed by atoms with van der Waals surface area (Å²) in [5, 5.41) is 3.36. The van der Waals surface area contributed by atoms with E-state index < -0.39 is 0 Å². The lowest BCUT2D eigenvalue weighted by Crippen LogP contribution is -2.36. The number of Topliss-reactive ketones (excluding diaryl/α,β-unsaturated/α-hetero) is 1. The highest BCUT2D eigenvalue weighted by molar-refractivity contribution is 5.80. The molecule has 0 aromatic rings. The lowest BCUT2D eigenvalue weighted by Gasteiger charge is -2.20. The molecular formula is C11H23NO. The van der Waals surface area contributed by atoms with Crippen LogP contribution < -0.4 is 5.32 Å². The zero-order valence-electron chi connectivity index (χ0n) is 9.61. The molecule has 0 saturated carbocycles. The second kappa shape index (κ2) is 5.38. The first kappa shape index (κ1) is 12.6. The molecule has 0 aromatic carbocycles. The van der Waals surface area contributed by atoms with Gasteiger partial charge in [0.05, 0.1) is 0 Å². The molecule has 0 heterocycles. The number of carbonyl (C=O) groups excluding carboxylic acids is 1. The highest BCUT2D eigenvalue weighted by Crippen LogP contribution is 2.03. The van der Waals surface area contributed by atoms with Gasteiger partial charge in [-0.15, -0.1) is 0 Å². The zero-order chi connectivity index (χ0) is 10.5. The third-order valence-corrected chi connectivity index (χ3v) is 1.90. The van der Waals surface area contributed by atoms with Gasteiger partial charge < -0.3 is 5.32 Å². The van der Waals surface area contributed by atoms with Gasteiger partial charge in [-0.05, 0) is 33.7 Å². The van der Waals surface area contributed by atoms with Crippen LogP contribution in [-0.4, -0.2) is 17.9 Å². The summed E-state index contributed by atoms with van der Waals surface area (Å²) in [6.45, 7) is 11.3. The molecule has 0 aromatic heterocycles. The molecule has 0 radical (unpaired) electrons. The molecular weight excluding hydrogens is 162 g/mol. The first-order valence-electron chi connectivity index (χ1n) is 5.10. The number of rotatable bonds is 5. The maximum Gasteiger partial charge on any atom is 0.135 e. The van der Waals surface area contributed by atoms with Gasteiger partial charge in [-0.1, -0.05) is 13.8 Å². The molecule has 0 spiro atoms. The fourth-order valence-corrected chi connectivity index (χ4v) is 1.01. The Labute approximate surface area is 82.1 Å². The van der Waals surface area contributed by atoms with Crippen LogP contribution in [0.1, 0.15) is 47.5 Å². The molecule has 0 amide bonds. The molecule has 0 unspecified atom stereocenters. The van der Waals surface area contributed by atoms with E-state index in [0.717, 1.165) is 13.0 Å². The van der Waals surface area contributed by atoms with Crippen molar-refractivity contribution >= 4 is 5.78 Å². The molecule has 13 heavy (non-hydrogen) atoms. The van der Waals surface area contributed by atoms with E-state index >= 15 is 0 Å². The van der Waals surface area contributed by atoms with E-state index in [4.69, 9.17) is 0 Å². The van der Waals surface area contributed by atoms with Crippen molar-refractivity contribution in [1.29, 1.82) is 0 Å². The van der Waals surface area contributed by atoms with Gasteiger partial charge in [-0.3, -0.25) is 4.79 Å². The van der Waals surface area contributed by atoms with E-state index in [1.54, 1.807) is 0 Å². The van der Waals surface area contributed by atoms with Crippen molar-refractivity contribution in [2.24, 2.45) is 5.92 Å². The van der Waals surface area contributed by atoms with Crippen molar-refractivity contribution in [3.8, 4) is 0 Å². The predicted octanol–water partition coefficient (Wildman–Crippen LogP) is 2.38. The minimum Gasteiger partial charge on any atom is -0.312 e. The fraction of sp³-hybridized carbons (Fsp3) is 0.909. The summed E-state index contributed by atoms with van der Waals surface area (Å²) in [5.74, 6) is 0.561. The summed E-state index contributed by atoms with van der Waals surface area (Å²) < 4.78 is 0. The van der Waals surface area contributed by atoms with E-state index in [2.05, 4.69) is 26.1 Å². The van der Waals surface area contributed by atoms with E-state index in [1.165, 1.54) is 0 Å². The van der Waals surface area contributed by atoms with E-state index in [9.17, 15) is 4.79 Å². The summed E-state index contributed by atoms with van der Waals surface area (Å²) in [4.78, 5) is 11.2. The van der Waals surface area contributed by atoms with Crippen LogP contribution in [0.5, 0.6) is 0 Å². The smallest absolute Gasteiger partial charge is 0.135 e. The molecule has 2 heteroatoms. The molecule has 1 N–H and O–H groups in total. The molecule has 0 bridgehead atoms. The van der Waals surface area contributed by atoms with Crippen LogP contribution in [0.4, 0.5) is 0 Å². The van der Waals surface area contributed by atoms with Crippen LogP contribution in [-0.2, 0) is 4.79 Å². The fourth-order valence-electron chi connectivity index (χ4n) is 1.01. The molecule has 0 rings (SSSR count). The first-order valence-corrected chi connectivity index (χ1v) is 5.10. The number of hydrogen-bond acceptors (Lipinski definition) is 2. The third-order valence-electron chi connectivity index (χ3n) is 1.90. The van der Waals surface area contributed by atoms with E-state index in [-0.39, 0.29) is 11.5 Å². The molecule has 0 fully saturated rings. The Morgan fingerprint density at radius 1 is 1.31 bits per heavy atom. The van der Waals surface area contributed by atoms with Gasteiger partial charge in [0.1, 0.15) is 5.78 Å². The largest absolute Gasteiger partial charge is 0.312 e. The highest BCUT2D eigenvalue weighted by atomic mass is 16.1. The lowest BCUT2D eigenvalue weighted by molar-refractivity contribution is -0.121. The molecule has 0 aliphatic carbocycles. The average molecular weight is 185 g/mol. The van der Waals surface area contributed by atoms with Crippen LogP contribution >= 0.6 is 0 Å². The van der Waals surface area contributed by atoms with Crippen LogP contribution in [0.15, 0.2) is 0 Å². The Morgan fingerprint density at radius 2 is 1.85 bits per heavy atom. The van der Waals surface area contributed by atoms with Crippen molar-refractivity contribution < 1.29 is 4.79 Å². The number of nitrogens with one attached hydrogen (secondary N) is 1. The average Bonchev–Trinajstić information content (AvgIpc) is 1.95. The predicted molar refractivity (Wildman–Crippen MR) is 56.8 cm³/mol. The second-order valence-electron chi connectivity index (χ2n) is 4.90. The van der Waals surface area contributed by atoms with Gasteiger partial charge in [-0.25, -0.2) is 0 Å². The first-order chi connectivity index (χ1) is 5.83. The summed E-state index contributed by atoms with van der Waals surface area (Å²) >= 11 is 0. The maximum atomic E-state index is 11.2. The maximum absolute atomic E-state index is 11.2. The Balaban J connectivity index is 3.42. The Bertz CT molecular complexity index is 156. The van der Waals surface area contributed by atoms with Crippen LogP contribution in [0, 0.1) is 5.92 Å². The van der Waals surface area contributed by atoms with Gasteiger partial charge >= 0.3 is 0 Å². The van der Waals surface area contributed by atoms with Crippen LogP contribution in [0.3, 0.4) is 0 Å². The van der Waals surface area contributed by atoms with Gasteiger partial charge in [0.25, 0.3) is 0 Å². The molecule has 78 valence electrons. The summed E-state index contributed by atoms with van der Waals surface area (Å²) in [7, 11) is 0. The van der Waals surface area contributed by atoms with Crippen LogP contribution in [0.2, 0.25) is 0 Å². The van der Waals surface area contributed by atoms with Crippen molar-refractivity contribution in [3.63, 3.8) is 0 Å². The van der Waals surface area contributed by atoms with Crippen molar-refractivity contribution in [3.05, 3.63) is 0 Å². The van der Waals surface area contributed by atoms with Gasteiger partial charge in [-0.2, -0.15) is 0 Å². The molecule has 0 aliphatic heterocycles. The summed E-state index contributed by atoms with van der Waals surface area (Å²) in [5.41, 5.74) is 0.168. The number of carbonyl (C=O) groups is 1. The van der Waals surface area contributed by atoms with Gasteiger partial charge in [0.15, 0.2) is 0 Å².